The van der Waals surface area contributed by atoms with Gasteiger partial charge in [0.1, 0.15) is 5.82 Å². The number of alkyl halides is 1. The molecule has 0 bridgehead atoms. The number of fused-ring (bicyclic) bond motifs is 3. The average Bonchev–Trinajstić information content (AvgIpc) is 3.49. The van der Waals surface area contributed by atoms with E-state index in [2.05, 4.69) is 27.8 Å². The van der Waals surface area contributed by atoms with Gasteiger partial charge < -0.3 is 26.3 Å². The first kappa shape index (κ1) is 20.5. The Balaban J connectivity index is 1.41. The van der Waals surface area contributed by atoms with Gasteiger partial charge in [-0.05, 0) is 25.0 Å². The lowest BCUT2D eigenvalue weighted by Crippen LogP contribution is -2.48. The summed E-state index contributed by atoms with van der Waals surface area (Å²) < 4.78 is 0. The largest absolute Gasteiger partial charge is 0.369 e. The third-order valence-corrected chi connectivity index (χ3v) is 7.89. The number of primary amides is 1. The van der Waals surface area contributed by atoms with E-state index in [-0.39, 0.29) is 28.5 Å². The number of nitrogens with two attached hydrogens (primary N) is 1. The fourth-order valence-corrected chi connectivity index (χ4v) is 6.27. The molecule has 3 aromatic rings. The number of carbonyl (C=O) groups is 2. The van der Waals surface area contributed by atoms with Crippen molar-refractivity contribution in [2.45, 2.75) is 23.6 Å². The Morgan fingerprint density at radius 3 is 2.97 bits per heavy atom. The Morgan fingerprint density at radius 1 is 1.30 bits per heavy atom. The summed E-state index contributed by atoms with van der Waals surface area (Å²) in [6, 6.07) is 8.20. The predicted octanol–water partition coefficient (Wildman–Crippen LogP) is 2.33. The maximum absolute atomic E-state index is 12.5. The van der Waals surface area contributed by atoms with E-state index >= 15 is 0 Å². The first-order valence-corrected chi connectivity index (χ1v) is 11.7. The molecule has 1 aliphatic carbocycles. The molecule has 1 spiro atoms. The fraction of sp³-hybridized carbons (Fsp3) is 0.375. The normalized spacial score (nSPS) is 26.7. The van der Waals surface area contributed by atoms with Gasteiger partial charge >= 0.3 is 0 Å². The number of hydrogen-bond donors (Lipinski definition) is 4. The molecule has 1 unspecified atom stereocenters. The van der Waals surface area contributed by atoms with Crippen molar-refractivity contribution in [3.8, 4) is 11.1 Å². The minimum atomic E-state index is -0.338. The Kier molecular flexibility index (Phi) is 4.64. The lowest BCUT2D eigenvalue weighted by atomic mass is 9.80. The molecule has 4 heterocycles. The second-order valence-corrected chi connectivity index (χ2v) is 9.87. The van der Waals surface area contributed by atoms with Crippen LogP contribution < -0.4 is 21.3 Å². The van der Waals surface area contributed by atoms with Gasteiger partial charge in [0.05, 0.1) is 23.7 Å². The number of piperazine rings is 1. The highest BCUT2D eigenvalue weighted by atomic mass is 35.5. The summed E-state index contributed by atoms with van der Waals surface area (Å²) in [4.78, 5) is 34.3. The van der Waals surface area contributed by atoms with Crippen molar-refractivity contribution < 1.29 is 9.59 Å². The first-order chi connectivity index (χ1) is 16.0. The zero-order valence-electron chi connectivity index (χ0n) is 18.0. The zero-order chi connectivity index (χ0) is 22.7. The Labute approximate surface area is 195 Å². The highest BCUT2D eigenvalue weighted by Gasteiger charge is 2.51. The molecule has 0 radical (unpaired) electrons. The molecule has 170 valence electrons. The quantitative estimate of drug-likeness (QED) is 0.444. The van der Waals surface area contributed by atoms with E-state index in [0.29, 0.717) is 32.5 Å². The number of carbonyl (C=O) groups excluding carboxylic acids is 2. The van der Waals surface area contributed by atoms with Crippen LogP contribution in [0.3, 0.4) is 0 Å². The maximum atomic E-state index is 12.5. The summed E-state index contributed by atoms with van der Waals surface area (Å²) in [7, 11) is 0. The van der Waals surface area contributed by atoms with E-state index < -0.39 is 0 Å². The molecule has 3 atom stereocenters. The lowest BCUT2D eigenvalue weighted by Gasteiger charge is -2.27. The maximum Gasteiger partial charge on any atom is 0.241 e. The number of aromatic nitrogens is 2. The third kappa shape index (κ3) is 3.12. The molecule has 6 rings (SSSR count). The van der Waals surface area contributed by atoms with E-state index in [1.807, 2.05) is 29.4 Å². The van der Waals surface area contributed by atoms with E-state index in [0.717, 1.165) is 45.6 Å². The lowest BCUT2D eigenvalue weighted by molar-refractivity contribution is -0.121. The number of amides is 2. The zero-order valence-corrected chi connectivity index (χ0v) is 18.8. The summed E-state index contributed by atoms with van der Waals surface area (Å²) >= 11 is 6.54. The number of nitrogens with zero attached hydrogens (tertiary/aromatic N) is 2. The van der Waals surface area contributed by atoms with E-state index in [4.69, 9.17) is 22.3 Å². The van der Waals surface area contributed by atoms with E-state index in [1.165, 1.54) is 0 Å². The number of anilines is 2. The number of hydrogen-bond acceptors (Lipinski definition) is 5. The van der Waals surface area contributed by atoms with Crippen LogP contribution in [0.5, 0.6) is 0 Å². The predicted molar refractivity (Wildman–Crippen MR) is 128 cm³/mol. The Hall–Kier alpha value is -3.10. The molecule has 2 amide bonds. The van der Waals surface area contributed by atoms with Crippen molar-refractivity contribution in [1.82, 2.24) is 15.3 Å². The van der Waals surface area contributed by atoms with Crippen molar-refractivity contribution in [1.29, 1.82) is 0 Å². The van der Waals surface area contributed by atoms with E-state index in [9.17, 15) is 9.59 Å². The molecule has 2 fully saturated rings. The monoisotopic (exact) mass is 464 g/mol. The van der Waals surface area contributed by atoms with Gasteiger partial charge in [0.15, 0.2) is 0 Å². The second kappa shape index (κ2) is 7.46. The average molecular weight is 465 g/mol. The third-order valence-electron chi connectivity index (χ3n) is 7.44. The molecule has 2 aliphatic heterocycles. The molecular weight excluding hydrogens is 440 g/mol. The van der Waals surface area contributed by atoms with Gasteiger partial charge in [-0.1, -0.05) is 12.1 Å². The van der Waals surface area contributed by atoms with Gasteiger partial charge in [-0.25, -0.2) is 4.98 Å². The van der Waals surface area contributed by atoms with Gasteiger partial charge in [-0.2, -0.15) is 0 Å². The Bertz CT molecular complexity index is 1290. The summed E-state index contributed by atoms with van der Waals surface area (Å²) in [6.07, 6.45) is 5.17. The van der Waals surface area contributed by atoms with Crippen molar-refractivity contribution in [2.75, 3.05) is 36.4 Å². The summed E-state index contributed by atoms with van der Waals surface area (Å²) in [5.74, 6) is 0.240. The molecule has 5 N–H and O–H groups in total. The first-order valence-electron chi connectivity index (χ1n) is 11.3. The molecule has 9 heteroatoms. The van der Waals surface area contributed by atoms with Crippen molar-refractivity contribution in [3.05, 3.63) is 42.2 Å². The van der Waals surface area contributed by atoms with Crippen molar-refractivity contribution in [2.24, 2.45) is 11.7 Å². The van der Waals surface area contributed by atoms with Crippen LogP contribution in [0.15, 0.2) is 36.7 Å². The highest BCUT2D eigenvalue weighted by Crippen LogP contribution is 2.52. The van der Waals surface area contributed by atoms with Gasteiger partial charge in [0.2, 0.25) is 11.8 Å². The SMILES string of the molecule is NC(=O)[C@@H]1C[C@@]2(CNc3ncc(-c4c[nH]c5c(N6CCNCC6=O)cccc45)cc32)CC1Cl. The van der Waals surface area contributed by atoms with Crippen LogP contribution in [0.4, 0.5) is 11.5 Å². The number of H-pyrrole nitrogens is 1. The van der Waals surface area contributed by atoms with Crippen LogP contribution in [0.25, 0.3) is 22.0 Å². The summed E-state index contributed by atoms with van der Waals surface area (Å²) in [6.45, 7) is 2.46. The second-order valence-electron chi connectivity index (χ2n) is 9.31. The van der Waals surface area contributed by atoms with Crippen molar-refractivity contribution >= 4 is 45.8 Å². The molecule has 1 saturated heterocycles. The van der Waals surface area contributed by atoms with Crippen molar-refractivity contribution in [3.63, 3.8) is 0 Å². The molecule has 2 aromatic heterocycles. The number of para-hydroxylation sites is 1. The molecular formula is C24H25ClN6O2. The standard InChI is InChI=1S/C24H25ClN6O2/c25-18-8-24(7-15(18)22(26)33)12-30-23-17(24)6-13(9-29-23)16-10-28-21-14(16)2-1-3-19(21)31-5-4-27-11-20(31)32/h1-3,6,9-10,15,18,27-28H,4-5,7-8,11-12H2,(H2,26,33)(H,29,30)/t15-,18?,24+/m1/s1. The Morgan fingerprint density at radius 2 is 2.18 bits per heavy atom. The van der Waals surface area contributed by atoms with Gasteiger partial charge in [0, 0.05) is 64.9 Å². The smallest absolute Gasteiger partial charge is 0.241 e. The highest BCUT2D eigenvalue weighted by molar-refractivity contribution is 6.22. The van der Waals surface area contributed by atoms with Gasteiger partial charge in [-0.3, -0.25) is 9.59 Å². The van der Waals surface area contributed by atoms with Crippen LogP contribution in [-0.2, 0) is 15.0 Å². The minimum absolute atomic E-state index is 0.0676. The number of nitrogens with one attached hydrogen (secondary N) is 3. The number of pyridine rings is 1. The summed E-state index contributed by atoms with van der Waals surface area (Å²) in [5.41, 5.74) is 10.3. The number of benzene rings is 1. The van der Waals surface area contributed by atoms with Gasteiger partial charge in [-0.15, -0.1) is 11.6 Å². The van der Waals surface area contributed by atoms with Crippen LogP contribution >= 0.6 is 11.6 Å². The topological polar surface area (TPSA) is 116 Å². The molecule has 1 aromatic carbocycles. The number of rotatable bonds is 3. The van der Waals surface area contributed by atoms with Crippen LogP contribution in [-0.4, -0.2) is 53.3 Å². The number of aromatic amines is 1. The summed E-state index contributed by atoms with van der Waals surface area (Å²) in [5, 5.41) is 7.29. The molecule has 8 nitrogen and oxygen atoms in total. The molecule has 1 saturated carbocycles. The fourth-order valence-electron chi connectivity index (χ4n) is 5.76. The minimum Gasteiger partial charge on any atom is -0.369 e. The van der Waals surface area contributed by atoms with Crippen LogP contribution in [0.2, 0.25) is 0 Å². The number of halogens is 1. The van der Waals surface area contributed by atoms with Gasteiger partial charge in [0.25, 0.3) is 0 Å². The molecule has 33 heavy (non-hydrogen) atoms. The van der Waals surface area contributed by atoms with Crippen LogP contribution in [0, 0.1) is 5.92 Å². The molecule has 3 aliphatic rings. The van der Waals surface area contributed by atoms with Crippen LogP contribution in [0.1, 0.15) is 18.4 Å². The van der Waals surface area contributed by atoms with E-state index in [1.54, 1.807) is 0 Å².